The van der Waals surface area contributed by atoms with Gasteiger partial charge in [-0.25, -0.2) is 4.79 Å². The van der Waals surface area contributed by atoms with Crippen LogP contribution in [0.25, 0.3) is 0 Å². The summed E-state index contributed by atoms with van der Waals surface area (Å²) in [5.74, 6) is -1.71. The lowest BCUT2D eigenvalue weighted by Gasteiger charge is -2.44. The summed E-state index contributed by atoms with van der Waals surface area (Å²) in [7, 11) is 1.16. The monoisotopic (exact) mass is 1020 g/mol. The molecule has 0 saturated carbocycles. The Morgan fingerprint density at radius 1 is 0.304 bits per heavy atom. The molecule has 0 spiro atoms. The number of ether oxygens (including phenoxy) is 12. The van der Waals surface area contributed by atoms with Crippen LogP contribution in [0.1, 0.15) is 0 Å². The summed E-state index contributed by atoms with van der Waals surface area (Å²) in [4.78, 5) is 11.4. The highest BCUT2D eigenvalue weighted by atomic mass is 16.8. The Kier molecular flexibility index (Phi) is 19.7. The van der Waals surface area contributed by atoms with Crippen LogP contribution in [-0.2, 0) is 61.6 Å². The van der Waals surface area contributed by atoms with Crippen molar-refractivity contribution in [2.24, 2.45) is 0 Å². The minimum atomic E-state index is -2.04. The van der Waals surface area contributed by atoms with Crippen molar-refractivity contribution in [3.8, 4) is 0 Å². The summed E-state index contributed by atoms with van der Waals surface area (Å²) in [5, 5.41) is 197. The molecule has 32 heteroatoms. The van der Waals surface area contributed by atoms with E-state index in [-0.39, 0.29) is 0 Å². The second-order valence-corrected chi connectivity index (χ2v) is 17.2. The minimum absolute atomic E-state index is 0.614. The van der Waals surface area contributed by atoms with Crippen molar-refractivity contribution in [1.82, 2.24) is 0 Å². The van der Waals surface area contributed by atoms with Gasteiger partial charge < -0.3 is 154 Å². The van der Waals surface area contributed by atoms with Gasteiger partial charge in [0.1, 0.15) is 140 Å². The number of carboxylic acid groups (broad SMARTS) is 1. The van der Waals surface area contributed by atoms with Gasteiger partial charge in [0.15, 0.2) is 43.8 Å². The predicted molar refractivity (Wildman–Crippen MR) is 204 cm³/mol. The van der Waals surface area contributed by atoms with Crippen molar-refractivity contribution >= 4 is 5.97 Å². The first-order chi connectivity index (χ1) is 32.5. The van der Waals surface area contributed by atoms with Crippen LogP contribution in [0.2, 0.25) is 0 Å². The first-order valence-electron chi connectivity index (χ1n) is 21.5. The van der Waals surface area contributed by atoms with Crippen molar-refractivity contribution in [2.45, 2.75) is 184 Å². The van der Waals surface area contributed by atoms with Gasteiger partial charge in [-0.05, 0) is 0 Å². The molecule has 0 aromatic carbocycles. The zero-order chi connectivity index (χ0) is 50.9. The zero-order valence-corrected chi connectivity index (χ0v) is 36.2. The number of aliphatic hydroxyl groups excluding tert-OH is 18. The summed E-state index contributed by atoms with van der Waals surface area (Å²) in [6.45, 7) is -3.81. The van der Waals surface area contributed by atoms with Gasteiger partial charge in [-0.1, -0.05) is 0 Å². The number of rotatable bonds is 17. The molecule has 0 bridgehead atoms. The van der Waals surface area contributed by atoms with Crippen LogP contribution in [0.15, 0.2) is 0 Å². The number of carboxylic acids is 1. The van der Waals surface area contributed by atoms with E-state index < -0.39 is 223 Å². The number of carbonyl (C=O) groups is 1. The van der Waals surface area contributed by atoms with E-state index in [0.717, 1.165) is 7.11 Å². The highest BCUT2D eigenvalue weighted by molar-refractivity contribution is 5.73. The zero-order valence-electron chi connectivity index (χ0n) is 36.2. The van der Waals surface area contributed by atoms with Crippen LogP contribution >= 0.6 is 0 Å². The molecule has 0 radical (unpaired) electrons. The van der Waals surface area contributed by atoms with Crippen LogP contribution in [0.3, 0.4) is 0 Å². The molecule has 0 aliphatic carbocycles. The highest BCUT2D eigenvalue weighted by Gasteiger charge is 2.53. The molecule has 69 heavy (non-hydrogen) atoms. The van der Waals surface area contributed by atoms with Crippen molar-refractivity contribution in [3.63, 3.8) is 0 Å². The predicted octanol–water partition coefficient (Wildman–Crippen LogP) is -13.4. The lowest BCUT2D eigenvalue weighted by molar-refractivity contribution is -0.352. The molecular weight excluding hydrogens is 956 g/mol. The normalized spacial score (nSPS) is 52.1. The van der Waals surface area contributed by atoms with Gasteiger partial charge in [0.05, 0.1) is 33.0 Å². The highest BCUT2D eigenvalue weighted by Crippen LogP contribution is 2.31. The molecule has 14 unspecified atom stereocenters. The van der Waals surface area contributed by atoms with Gasteiger partial charge in [0.25, 0.3) is 0 Å². The third-order valence-electron chi connectivity index (χ3n) is 12.5. The van der Waals surface area contributed by atoms with Crippen molar-refractivity contribution in [3.05, 3.63) is 0 Å². The summed E-state index contributed by atoms with van der Waals surface area (Å²) < 4.78 is 64.8. The Morgan fingerprint density at radius 3 is 0.739 bits per heavy atom. The molecule has 32 nitrogen and oxygen atoms in total. The second kappa shape index (κ2) is 24.1. The number of hydrogen-bond acceptors (Lipinski definition) is 31. The van der Waals surface area contributed by atoms with Crippen molar-refractivity contribution in [2.75, 3.05) is 40.1 Å². The molecule has 6 rings (SSSR count). The summed E-state index contributed by atoms with van der Waals surface area (Å²) in [6.07, 6.45) is -55.1. The maximum Gasteiger partial charge on any atom is 0.335 e. The van der Waals surface area contributed by atoms with Crippen LogP contribution in [-0.4, -0.2) is 327 Å². The molecule has 6 aliphatic rings. The van der Waals surface area contributed by atoms with E-state index in [0.29, 0.717) is 0 Å². The first-order valence-corrected chi connectivity index (χ1v) is 21.5. The Morgan fingerprint density at radius 2 is 0.507 bits per heavy atom. The fraction of sp³-hybridized carbons (Fsp3) is 0.973. The fourth-order valence-corrected chi connectivity index (χ4v) is 8.16. The van der Waals surface area contributed by atoms with Gasteiger partial charge in [-0.15, -0.1) is 0 Å². The molecule has 6 saturated heterocycles. The molecule has 30 atom stereocenters. The molecule has 6 fully saturated rings. The Labute approximate surface area is 388 Å². The first kappa shape index (κ1) is 56.6. The second-order valence-electron chi connectivity index (χ2n) is 17.2. The number of aliphatic hydroxyl groups is 18. The lowest BCUT2D eigenvalue weighted by Crippen LogP contribution is -2.63. The number of methoxy groups -OCH3 is 1. The lowest BCUT2D eigenvalue weighted by atomic mass is 9.97. The van der Waals surface area contributed by atoms with Crippen LogP contribution in [0.4, 0.5) is 0 Å². The van der Waals surface area contributed by atoms with Gasteiger partial charge in [-0.2, -0.15) is 0 Å². The topological polar surface area (TPSA) is 512 Å². The van der Waals surface area contributed by atoms with E-state index in [9.17, 15) is 102 Å². The van der Waals surface area contributed by atoms with E-state index in [2.05, 4.69) is 0 Å². The van der Waals surface area contributed by atoms with E-state index >= 15 is 0 Å². The maximum atomic E-state index is 11.4. The fourth-order valence-electron chi connectivity index (χ4n) is 8.16. The summed E-state index contributed by atoms with van der Waals surface area (Å²) >= 11 is 0. The number of hydrogen-bond donors (Lipinski definition) is 19. The van der Waals surface area contributed by atoms with E-state index in [4.69, 9.17) is 56.8 Å². The van der Waals surface area contributed by atoms with Crippen LogP contribution in [0, 0.1) is 0 Å². The van der Waals surface area contributed by atoms with Crippen molar-refractivity contribution < 1.29 is 159 Å². The summed E-state index contributed by atoms with van der Waals surface area (Å²) in [6, 6.07) is 0. The molecule has 6 aliphatic heterocycles. The molecule has 0 aromatic rings. The average molecular weight is 1020 g/mol. The largest absolute Gasteiger partial charge is 0.479 e. The van der Waals surface area contributed by atoms with Crippen LogP contribution < -0.4 is 0 Å². The molecule has 19 N–H and O–H groups in total. The molecule has 402 valence electrons. The van der Waals surface area contributed by atoms with Gasteiger partial charge in [0.2, 0.25) is 0 Å². The van der Waals surface area contributed by atoms with Crippen LogP contribution in [0.5, 0.6) is 0 Å². The van der Waals surface area contributed by atoms with E-state index in [1.54, 1.807) is 0 Å². The third-order valence-corrected chi connectivity index (χ3v) is 12.5. The molecule has 6 heterocycles. The maximum absolute atomic E-state index is 11.4. The minimum Gasteiger partial charge on any atom is -0.479 e. The molecule has 0 aromatic heterocycles. The van der Waals surface area contributed by atoms with Crippen molar-refractivity contribution in [1.29, 1.82) is 0 Å². The Bertz CT molecular complexity index is 1600. The quantitative estimate of drug-likeness (QED) is 0.0643. The van der Waals surface area contributed by atoms with Gasteiger partial charge in [-0.3, -0.25) is 0 Å². The smallest absolute Gasteiger partial charge is 0.335 e. The third kappa shape index (κ3) is 12.3. The van der Waals surface area contributed by atoms with E-state index in [1.165, 1.54) is 0 Å². The Hall–Kier alpha value is -1.73. The number of aliphatic carboxylic acids is 1. The molecular formula is C37H62O32. The SMILES string of the molecule is CO[C@H]1OC(CO[C@@H]2O[C@H](COC3OC(CO[C@@H]4O[C@H](COC5OC(CO[C@@H]6O[C@H](C(=O)O)C(O)[C@H](O)C6O)[C@@H](O)C(O)[C@H]5O)C(O)[C@H](O)C4O)[C@@H](O)C(O)[C@H]3O)C(O)[C@H](O)C2O)[C@@H](O)C(O)[C@H]1O. The van der Waals surface area contributed by atoms with Gasteiger partial charge in [0, 0.05) is 7.11 Å². The standard InChI is InChI=1S/C37H62O32/c1-58-32-24(50)17(43)12(38)7(64-32)2-59-33-25(51)18(44)13(39)8(65-33)3-60-34-26(52)19(45)14(40)9(66-34)4-61-35-27(53)20(46)15(41)10(67-35)5-62-36-28(54)21(47)16(42)11(68-36)6-63-37-29(55)22(48)23(49)30(69-37)31(56)57/h7-30,32-55H,2-6H2,1H3,(H,56,57)/t7?,8-,9?,10-,11?,12-,13?,14-,15?,16-,17?,18+,19?,20+,21?,22+,23?,24-,25?,26-,27?,28-,29?,30+,32+,33-,34?,35-,36?,37-/m1/s1. The Balaban J connectivity index is 1.01. The average Bonchev–Trinajstić information content (AvgIpc) is 3.32. The van der Waals surface area contributed by atoms with Gasteiger partial charge >= 0.3 is 5.97 Å². The molecule has 0 amide bonds. The summed E-state index contributed by atoms with van der Waals surface area (Å²) in [5.41, 5.74) is 0. The van der Waals surface area contributed by atoms with E-state index in [1.807, 2.05) is 0 Å².